The number of ether oxygens (including phenoxy) is 1. The summed E-state index contributed by atoms with van der Waals surface area (Å²) in [4.78, 5) is 24.6. The highest BCUT2D eigenvalue weighted by atomic mass is 19.4. The Kier molecular flexibility index (Phi) is 4.58. The van der Waals surface area contributed by atoms with Gasteiger partial charge in [-0.2, -0.15) is 13.2 Å². The molecule has 0 bridgehead atoms. The fourth-order valence-electron chi connectivity index (χ4n) is 2.97. The number of benzene rings is 1. The molecule has 1 aliphatic carbocycles. The molecule has 0 heterocycles. The van der Waals surface area contributed by atoms with Gasteiger partial charge in [0, 0.05) is 17.9 Å². The summed E-state index contributed by atoms with van der Waals surface area (Å²) in [6.07, 6.45) is -3.62. The van der Waals surface area contributed by atoms with Crippen molar-refractivity contribution in [2.75, 3.05) is 7.11 Å². The number of carbonyl (C=O) groups excluding carboxylic acids is 2. The van der Waals surface area contributed by atoms with Gasteiger partial charge in [-0.25, -0.2) is 0 Å². The minimum absolute atomic E-state index is 0.0710. The van der Waals surface area contributed by atoms with Gasteiger partial charge in [0.05, 0.1) is 12.7 Å². The number of carbonyl (C=O) groups is 2. The Morgan fingerprint density at radius 1 is 1.27 bits per heavy atom. The third kappa shape index (κ3) is 2.87. The number of rotatable bonds is 3. The number of hydrogen-bond acceptors (Lipinski definition) is 3. The van der Waals surface area contributed by atoms with Crippen LogP contribution in [0.5, 0.6) is 5.75 Å². The van der Waals surface area contributed by atoms with Crippen molar-refractivity contribution in [2.24, 2.45) is 5.92 Å². The van der Waals surface area contributed by atoms with Crippen LogP contribution in [0.4, 0.5) is 13.2 Å². The lowest BCUT2D eigenvalue weighted by Gasteiger charge is -2.29. The van der Waals surface area contributed by atoms with E-state index in [9.17, 15) is 22.8 Å². The molecule has 22 heavy (non-hydrogen) atoms. The van der Waals surface area contributed by atoms with E-state index in [-0.39, 0.29) is 23.7 Å². The topological polar surface area (TPSA) is 43.4 Å². The number of Topliss-reactive ketones (excluding diaryl/α,β-unsaturated/α-hetero) is 2. The average Bonchev–Trinajstić information content (AvgIpc) is 2.46. The minimum Gasteiger partial charge on any atom is -0.496 e. The second-order valence-corrected chi connectivity index (χ2v) is 5.36. The van der Waals surface area contributed by atoms with Crippen LogP contribution in [-0.4, -0.2) is 18.7 Å². The van der Waals surface area contributed by atoms with E-state index in [1.807, 2.05) is 0 Å². The third-order valence-electron chi connectivity index (χ3n) is 4.12. The Balaban J connectivity index is 2.63. The fraction of sp³-hybridized carbons (Fsp3) is 0.500. The molecule has 1 aromatic carbocycles. The van der Waals surface area contributed by atoms with Crippen LogP contribution in [0.3, 0.4) is 0 Å². The summed E-state index contributed by atoms with van der Waals surface area (Å²) in [7, 11) is 1.23. The molecule has 1 aromatic rings. The van der Waals surface area contributed by atoms with Crippen LogP contribution in [0, 0.1) is 5.92 Å². The number of halogens is 3. The van der Waals surface area contributed by atoms with Crippen LogP contribution in [0.25, 0.3) is 0 Å². The SMILES string of the molecule is CCC1CCC(=O)C(c2c(OC)cccc2C(F)(F)F)C1=O. The lowest BCUT2D eigenvalue weighted by atomic mass is 9.73. The Hall–Kier alpha value is -1.85. The molecule has 1 aliphatic rings. The van der Waals surface area contributed by atoms with Gasteiger partial charge in [0.2, 0.25) is 0 Å². The van der Waals surface area contributed by atoms with Gasteiger partial charge >= 0.3 is 6.18 Å². The molecule has 6 heteroatoms. The molecular weight excluding hydrogens is 297 g/mol. The highest BCUT2D eigenvalue weighted by molar-refractivity contribution is 6.11. The monoisotopic (exact) mass is 314 g/mol. The van der Waals surface area contributed by atoms with Gasteiger partial charge in [-0.1, -0.05) is 13.0 Å². The van der Waals surface area contributed by atoms with Gasteiger partial charge in [0.25, 0.3) is 0 Å². The van der Waals surface area contributed by atoms with E-state index in [1.54, 1.807) is 6.92 Å². The van der Waals surface area contributed by atoms with Crippen LogP contribution in [-0.2, 0) is 15.8 Å². The fourth-order valence-corrected chi connectivity index (χ4v) is 2.97. The number of ketones is 2. The van der Waals surface area contributed by atoms with Gasteiger partial charge in [-0.15, -0.1) is 0 Å². The van der Waals surface area contributed by atoms with Crippen molar-refractivity contribution in [3.63, 3.8) is 0 Å². The quantitative estimate of drug-likeness (QED) is 0.798. The second-order valence-electron chi connectivity index (χ2n) is 5.36. The summed E-state index contributed by atoms with van der Waals surface area (Å²) in [6, 6.07) is 3.44. The highest BCUT2D eigenvalue weighted by Crippen LogP contribution is 2.43. The van der Waals surface area contributed by atoms with Gasteiger partial charge < -0.3 is 4.74 Å². The summed E-state index contributed by atoms with van der Waals surface area (Å²) in [5.41, 5.74) is -1.32. The van der Waals surface area contributed by atoms with E-state index in [2.05, 4.69) is 0 Å². The smallest absolute Gasteiger partial charge is 0.416 e. The summed E-state index contributed by atoms with van der Waals surface area (Å²) < 4.78 is 44.8. The van der Waals surface area contributed by atoms with E-state index in [4.69, 9.17) is 4.74 Å². The van der Waals surface area contributed by atoms with E-state index in [1.165, 1.54) is 19.2 Å². The number of methoxy groups -OCH3 is 1. The van der Waals surface area contributed by atoms with Crippen molar-refractivity contribution < 1.29 is 27.5 Å². The van der Waals surface area contributed by atoms with E-state index >= 15 is 0 Å². The first-order valence-electron chi connectivity index (χ1n) is 7.11. The summed E-state index contributed by atoms with van der Waals surface area (Å²) in [5.74, 6) is -2.74. The molecule has 0 radical (unpaired) electrons. The molecule has 0 spiro atoms. The number of alkyl halides is 3. The maximum Gasteiger partial charge on any atom is 0.416 e. The van der Waals surface area contributed by atoms with Crippen LogP contribution in [0.1, 0.15) is 43.2 Å². The predicted molar refractivity (Wildman–Crippen MR) is 73.8 cm³/mol. The Labute approximate surface area is 126 Å². The first kappa shape index (κ1) is 16.5. The largest absolute Gasteiger partial charge is 0.496 e. The molecule has 2 atom stereocenters. The standard InChI is InChI=1S/C16H17F3O3/c1-3-9-7-8-11(20)14(15(9)21)13-10(16(17,18)19)5-4-6-12(13)22-2/h4-6,9,14H,3,7-8H2,1-2H3. The van der Waals surface area contributed by atoms with Crippen molar-refractivity contribution in [3.8, 4) is 5.75 Å². The summed E-state index contributed by atoms with van der Waals surface area (Å²) >= 11 is 0. The average molecular weight is 314 g/mol. The highest BCUT2D eigenvalue weighted by Gasteiger charge is 2.44. The zero-order chi connectivity index (χ0) is 16.5. The maximum absolute atomic E-state index is 13.3. The van der Waals surface area contributed by atoms with Crippen LogP contribution < -0.4 is 4.74 Å². The third-order valence-corrected chi connectivity index (χ3v) is 4.12. The van der Waals surface area contributed by atoms with E-state index in [0.29, 0.717) is 12.8 Å². The lowest BCUT2D eigenvalue weighted by Crippen LogP contribution is -2.35. The molecule has 0 aromatic heterocycles. The molecule has 1 saturated carbocycles. The molecule has 0 saturated heterocycles. The molecule has 0 amide bonds. The van der Waals surface area contributed by atoms with Gasteiger partial charge in [-0.05, 0) is 25.0 Å². The van der Waals surface area contributed by atoms with E-state index in [0.717, 1.165) is 6.07 Å². The second kappa shape index (κ2) is 6.10. The minimum atomic E-state index is -4.65. The Morgan fingerprint density at radius 2 is 1.95 bits per heavy atom. The maximum atomic E-state index is 13.3. The molecule has 120 valence electrons. The molecule has 2 rings (SSSR count). The zero-order valence-corrected chi connectivity index (χ0v) is 12.4. The van der Waals surface area contributed by atoms with Crippen molar-refractivity contribution in [2.45, 2.75) is 38.3 Å². The molecule has 0 aliphatic heterocycles. The first-order valence-corrected chi connectivity index (χ1v) is 7.11. The molecule has 2 unspecified atom stereocenters. The predicted octanol–water partition coefficient (Wildman–Crippen LogP) is 3.76. The van der Waals surface area contributed by atoms with Crippen molar-refractivity contribution in [1.29, 1.82) is 0 Å². The van der Waals surface area contributed by atoms with Crippen LogP contribution >= 0.6 is 0 Å². The van der Waals surface area contributed by atoms with E-state index < -0.39 is 29.2 Å². The zero-order valence-electron chi connectivity index (χ0n) is 12.4. The molecule has 3 nitrogen and oxygen atoms in total. The lowest BCUT2D eigenvalue weighted by molar-refractivity contribution is -0.140. The van der Waals surface area contributed by atoms with Crippen molar-refractivity contribution in [1.82, 2.24) is 0 Å². The van der Waals surface area contributed by atoms with Gasteiger partial charge in [0.1, 0.15) is 17.5 Å². The molecular formula is C16H17F3O3. The molecule has 1 fully saturated rings. The summed E-state index contributed by atoms with van der Waals surface area (Å²) in [5, 5.41) is 0. The van der Waals surface area contributed by atoms with Gasteiger partial charge in [-0.3, -0.25) is 9.59 Å². The van der Waals surface area contributed by atoms with Crippen molar-refractivity contribution in [3.05, 3.63) is 29.3 Å². The van der Waals surface area contributed by atoms with Crippen LogP contribution in [0.15, 0.2) is 18.2 Å². The first-order chi connectivity index (χ1) is 10.3. The van der Waals surface area contributed by atoms with Gasteiger partial charge in [0.15, 0.2) is 5.78 Å². The number of hydrogen-bond donors (Lipinski definition) is 0. The Bertz CT molecular complexity index is 593. The van der Waals surface area contributed by atoms with Crippen molar-refractivity contribution >= 4 is 11.6 Å². The normalized spacial score (nSPS) is 22.8. The van der Waals surface area contributed by atoms with Crippen LogP contribution in [0.2, 0.25) is 0 Å². The Morgan fingerprint density at radius 3 is 2.50 bits per heavy atom. The summed E-state index contributed by atoms with van der Waals surface area (Å²) in [6.45, 7) is 1.79. The molecule has 0 N–H and O–H groups in total.